The van der Waals surface area contributed by atoms with Gasteiger partial charge in [0.1, 0.15) is 23.0 Å². The van der Waals surface area contributed by atoms with E-state index in [0.29, 0.717) is 6.04 Å². The Labute approximate surface area is 154 Å². The molecule has 1 heterocycles. The molecule has 0 aliphatic carbocycles. The van der Waals surface area contributed by atoms with Crippen LogP contribution in [0.5, 0.6) is 23.0 Å². The first kappa shape index (κ1) is 18.0. The minimum atomic E-state index is 0.0903. The van der Waals surface area contributed by atoms with Crippen LogP contribution < -0.4 is 29.6 Å². The van der Waals surface area contributed by atoms with Crippen LogP contribution in [0.3, 0.4) is 0 Å². The summed E-state index contributed by atoms with van der Waals surface area (Å²) < 4.78 is 21.8. The van der Waals surface area contributed by atoms with E-state index in [0.717, 1.165) is 46.4 Å². The van der Waals surface area contributed by atoms with Crippen molar-refractivity contribution >= 4 is 11.4 Å². The molecule has 2 aromatic carbocycles. The van der Waals surface area contributed by atoms with Crippen molar-refractivity contribution in [1.29, 1.82) is 0 Å². The van der Waals surface area contributed by atoms with Crippen LogP contribution in [-0.2, 0) is 0 Å². The molecule has 3 rings (SSSR count). The molecule has 2 N–H and O–H groups in total. The summed E-state index contributed by atoms with van der Waals surface area (Å²) in [7, 11) is 6.64. The summed E-state index contributed by atoms with van der Waals surface area (Å²) in [5.41, 5.74) is 3.02. The molecule has 0 radical (unpaired) electrons. The maximum Gasteiger partial charge on any atom is 0.146 e. The first-order valence-corrected chi connectivity index (χ1v) is 8.60. The molecular weight excluding hydrogens is 332 g/mol. The van der Waals surface area contributed by atoms with Crippen molar-refractivity contribution < 1.29 is 18.9 Å². The topological polar surface area (TPSA) is 61.0 Å². The molecule has 6 heteroatoms. The molecule has 0 spiro atoms. The molecular formula is C20H26N2O4. The number of nitrogens with one attached hydrogen (secondary N) is 2. The van der Waals surface area contributed by atoms with Gasteiger partial charge in [-0.1, -0.05) is 0 Å². The fourth-order valence-corrected chi connectivity index (χ4v) is 3.35. The van der Waals surface area contributed by atoms with Gasteiger partial charge in [0.2, 0.25) is 0 Å². The van der Waals surface area contributed by atoms with Crippen LogP contribution >= 0.6 is 0 Å². The van der Waals surface area contributed by atoms with Gasteiger partial charge in [0.15, 0.2) is 0 Å². The number of methoxy groups -OCH3 is 4. The van der Waals surface area contributed by atoms with E-state index in [2.05, 4.69) is 17.6 Å². The lowest BCUT2D eigenvalue weighted by Gasteiger charge is -2.34. The van der Waals surface area contributed by atoms with Gasteiger partial charge in [-0.2, -0.15) is 0 Å². The van der Waals surface area contributed by atoms with Crippen molar-refractivity contribution in [3.05, 3.63) is 35.9 Å². The summed E-state index contributed by atoms with van der Waals surface area (Å²) in [4.78, 5) is 0. The predicted molar refractivity (Wildman–Crippen MR) is 103 cm³/mol. The minimum Gasteiger partial charge on any atom is -0.497 e. The lowest BCUT2D eigenvalue weighted by molar-refractivity contribution is 0.391. The summed E-state index contributed by atoms with van der Waals surface area (Å²) in [5, 5.41) is 7.13. The molecule has 0 saturated heterocycles. The Hall–Kier alpha value is -2.76. The standard InChI is InChI=1S/C20H26N2O4/c1-12-8-17(22-16-7-6-13(23-2)10-18(16)25-4)15-9-14(24-3)11-19(26-5)20(15)21-12/h6-7,9-12,17,21-22H,8H2,1-5H3/t12-,17-/m1/s1. The number of anilines is 2. The van der Waals surface area contributed by atoms with E-state index in [1.807, 2.05) is 30.3 Å². The van der Waals surface area contributed by atoms with Gasteiger partial charge in [0.25, 0.3) is 0 Å². The van der Waals surface area contributed by atoms with Gasteiger partial charge < -0.3 is 29.6 Å². The molecule has 2 atom stereocenters. The second kappa shape index (κ2) is 7.64. The highest BCUT2D eigenvalue weighted by Crippen LogP contribution is 2.44. The van der Waals surface area contributed by atoms with E-state index in [4.69, 9.17) is 18.9 Å². The number of ether oxygens (including phenoxy) is 4. The molecule has 6 nitrogen and oxygen atoms in total. The van der Waals surface area contributed by atoms with E-state index < -0.39 is 0 Å². The maximum absolute atomic E-state index is 5.57. The van der Waals surface area contributed by atoms with Gasteiger partial charge >= 0.3 is 0 Å². The third-order valence-electron chi connectivity index (χ3n) is 4.66. The smallest absolute Gasteiger partial charge is 0.146 e. The lowest BCUT2D eigenvalue weighted by atomic mass is 9.92. The van der Waals surface area contributed by atoms with Crippen LogP contribution in [0, 0.1) is 0 Å². The maximum atomic E-state index is 5.57. The summed E-state index contributed by atoms with van der Waals surface area (Å²) >= 11 is 0. The van der Waals surface area contributed by atoms with Crippen molar-refractivity contribution in [2.24, 2.45) is 0 Å². The average Bonchev–Trinajstić information content (AvgIpc) is 2.67. The third kappa shape index (κ3) is 3.45. The number of hydrogen-bond acceptors (Lipinski definition) is 6. The Balaban J connectivity index is 2.00. The highest BCUT2D eigenvalue weighted by molar-refractivity contribution is 5.70. The van der Waals surface area contributed by atoms with E-state index in [-0.39, 0.29) is 6.04 Å². The largest absolute Gasteiger partial charge is 0.497 e. The van der Waals surface area contributed by atoms with Crippen LogP contribution in [0.1, 0.15) is 24.9 Å². The Morgan fingerprint density at radius 2 is 1.58 bits per heavy atom. The highest BCUT2D eigenvalue weighted by atomic mass is 16.5. The summed E-state index contributed by atoms with van der Waals surface area (Å²) in [6.07, 6.45) is 0.915. The zero-order valence-electron chi connectivity index (χ0n) is 15.9. The molecule has 140 valence electrons. The third-order valence-corrected chi connectivity index (χ3v) is 4.66. The zero-order valence-corrected chi connectivity index (χ0v) is 15.9. The van der Waals surface area contributed by atoms with Gasteiger partial charge in [0, 0.05) is 23.7 Å². The average molecular weight is 358 g/mol. The van der Waals surface area contributed by atoms with Crippen LogP contribution in [0.25, 0.3) is 0 Å². The van der Waals surface area contributed by atoms with Gasteiger partial charge in [0.05, 0.1) is 45.9 Å². The van der Waals surface area contributed by atoms with E-state index in [1.165, 1.54) is 0 Å². The number of benzene rings is 2. The molecule has 0 unspecified atom stereocenters. The molecule has 0 fully saturated rings. The summed E-state index contributed by atoms with van der Waals surface area (Å²) in [5.74, 6) is 3.05. The zero-order chi connectivity index (χ0) is 18.7. The molecule has 0 bridgehead atoms. The molecule has 1 aliphatic rings. The van der Waals surface area contributed by atoms with E-state index in [1.54, 1.807) is 28.4 Å². The van der Waals surface area contributed by atoms with Gasteiger partial charge in [-0.05, 0) is 31.5 Å². The minimum absolute atomic E-state index is 0.0903. The predicted octanol–water partition coefficient (Wildman–Crippen LogP) is 4.08. The van der Waals surface area contributed by atoms with Crippen molar-refractivity contribution in [1.82, 2.24) is 0 Å². The van der Waals surface area contributed by atoms with Crippen molar-refractivity contribution in [3.8, 4) is 23.0 Å². The first-order valence-electron chi connectivity index (χ1n) is 8.60. The van der Waals surface area contributed by atoms with Crippen molar-refractivity contribution in [3.63, 3.8) is 0 Å². The van der Waals surface area contributed by atoms with Gasteiger partial charge in [-0.25, -0.2) is 0 Å². The number of hydrogen-bond donors (Lipinski definition) is 2. The second-order valence-electron chi connectivity index (χ2n) is 6.34. The molecule has 1 aliphatic heterocycles. The molecule has 26 heavy (non-hydrogen) atoms. The highest BCUT2D eigenvalue weighted by Gasteiger charge is 2.28. The molecule has 0 amide bonds. The van der Waals surface area contributed by atoms with Gasteiger partial charge in [-0.3, -0.25) is 0 Å². The monoisotopic (exact) mass is 358 g/mol. The van der Waals surface area contributed by atoms with Crippen molar-refractivity contribution in [2.75, 3.05) is 39.1 Å². The molecule has 0 saturated carbocycles. The lowest BCUT2D eigenvalue weighted by Crippen LogP contribution is -2.29. The quantitative estimate of drug-likeness (QED) is 0.811. The van der Waals surface area contributed by atoms with E-state index in [9.17, 15) is 0 Å². The van der Waals surface area contributed by atoms with Crippen LogP contribution in [0.15, 0.2) is 30.3 Å². The Kier molecular flexibility index (Phi) is 5.30. The number of fused-ring (bicyclic) bond motifs is 1. The van der Waals surface area contributed by atoms with Gasteiger partial charge in [-0.15, -0.1) is 0 Å². The number of rotatable bonds is 6. The van der Waals surface area contributed by atoms with Crippen LogP contribution in [-0.4, -0.2) is 34.5 Å². The normalized spacial score (nSPS) is 18.3. The van der Waals surface area contributed by atoms with Crippen LogP contribution in [0.4, 0.5) is 11.4 Å². The molecule has 0 aromatic heterocycles. The molecule has 2 aromatic rings. The van der Waals surface area contributed by atoms with Crippen molar-refractivity contribution in [2.45, 2.75) is 25.4 Å². The first-order chi connectivity index (χ1) is 12.6. The summed E-state index contributed by atoms with van der Waals surface area (Å²) in [6, 6.07) is 10.1. The fraction of sp³-hybridized carbons (Fsp3) is 0.400. The Bertz CT molecular complexity index is 779. The van der Waals surface area contributed by atoms with E-state index >= 15 is 0 Å². The fourth-order valence-electron chi connectivity index (χ4n) is 3.35. The Morgan fingerprint density at radius 1 is 0.885 bits per heavy atom. The SMILES string of the molecule is COc1ccc(N[C@@H]2C[C@@H](C)Nc3c(OC)cc(OC)cc32)c(OC)c1. The van der Waals surface area contributed by atoms with Crippen LogP contribution in [0.2, 0.25) is 0 Å². The second-order valence-corrected chi connectivity index (χ2v) is 6.34. The summed E-state index contributed by atoms with van der Waals surface area (Å²) in [6.45, 7) is 2.16. The Morgan fingerprint density at radius 3 is 2.23 bits per heavy atom.